The third-order valence-corrected chi connectivity index (χ3v) is 8.08. The SMILES string of the molecule is Nc1ccsc1CC(=O)NC1C(=O)N2C(C(=O)O)=C(CSc3n[nH]c(CC(=O)O)n3)CS[C@H]12. The molecule has 6 N–H and O–H groups in total. The molecule has 0 bridgehead atoms. The summed E-state index contributed by atoms with van der Waals surface area (Å²) in [5.74, 6) is -2.37. The van der Waals surface area contributed by atoms with Crippen molar-refractivity contribution in [2.45, 2.75) is 29.4 Å². The molecular formula is C18H18N6O6S3. The minimum Gasteiger partial charge on any atom is -0.481 e. The number of anilines is 1. The van der Waals surface area contributed by atoms with Crippen LogP contribution in [-0.4, -0.2) is 77.0 Å². The van der Waals surface area contributed by atoms with Gasteiger partial charge in [0.05, 0.1) is 6.42 Å². The second kappa shape index (κ2) is 9.44. The van der Waals surface area contributed by atoms with Crippen molar-refractivity contribution in [1.82, 2.24) is 25.4 Å². The van der Waals surface area contributed by atoms with E-state index in [9.17, 15) is 24.3 Å². The van der Waals surface area contributed by atoms with Crippen LogP contribution in [0.1, 0.15) is 10.7 Å². The van der Waals surface area contributed by atoms with Crippen LogP contribution in [0.4, 0.5) is 5.69 Å². The molecule has 4 heterocycles. The second-order valence-corrected chi connectivity index (χ2v) is 10.2. The number of aromatic amines is 1. The Hall–Kier alpha value is -3.04. The van der Waals surface area contributed by atoms with E-state index in [1.54, 1.807) is 11.4 Å². The number of nitrogens with two attached hydrogens (primary N) is 1. The molecule has 2 aliphatic heterocycles. The van der Waals surface area contributed by atoms with E-state index in [1.807, 2.05) is 0 Å². The Balaban J connectivity index is 1.41. The Morgan fingerprint density at radius 3 is 2.79 bits per heavy atom. The van der Waals surface area contributed by atoms with Crippen molar-refractivity contribution in [1.29, 1.82) is 0 Å². The fourth-order valence-corrected chi connectivity index (χ4v) is 6.47. The smallest absolute Gasteiger partial charge is 0.352 e. The Morgan fingerprint density at radius 1 is 1.33 bits per heavy atom. The summed E-state index contributed by atoms with van der Waals surface area (Å²) in [6.07, 6.45) is -0.253. The van der Waals surface area contributed by atoms with Crippen molar-refractivity contribution in [3.63, 3.8) is 0 Å². The maximum absolute atomic E-state index is 12.7. The van der Waals surface area contributed by atoms with Gasteiger partial charge in [-0.05, 0) is 17.0 Å². The lowest BCUT2D eigenvalue weighted by atomic mass is 10.0. The predicted molar refractivity (Wildman–Crippen MR) is 121 cm³/mol. The summed E-state index contributed by atoms with van der Waals surface area (Å²) in [4.78, 5) is 53.7. The minimum atomic E-state index is -1.23. The third-order valence-electron chi connectivity index (χ3n) is 4.87. The average Bonchev–Trinajstić information content (AvgIpc) is 3.37. The number of aromatic nitrogens is 3. The lowest BCUT2D eigenvalue weighted by Crippen LogP contribution is -2.70. The number of hydrogen-bond acceptors (Lipinski definition) is 10. The molecule has 0 radical (unpaired) electrons. The molecule has 2 aromatic rings. The molecule has 2 aliphatic rings. The summed E-state index contributed by atoms with van der Waals surface area (Å²) in [6.45, 7) is 0. The monoisotopic (exact) mass is 510 g/mol. The molecule has 4 rings (SSSR count). The molecule has 2 atom stereocenters. The van der Waals surface area contributed by atoms with E-state index >= 15 is 0 Å². The summed E-state index contributed by atoms with van der Waals surface area (Å²) < 4.78 is 0. The Kier molecular flexibility index (Phi) is 6.62. The number of H-pyrrole nitrogens is 1. The van der Waals surface area contributed by atoms with Gasteiger partial charge in [-0.3, -0.25) is 24.4 Å². The number of carbonyl (C=O) groups is 4. The Bertz CT molecular complexity index is 1160. The highest BCUT2D eigenvalue weighted by atomic mass is 32.2. The lowest BCUT2D eigenvalue weighted by Gasteiger charge is -2.49. The van der Waals surface area contributed by atoms with E-state index in [2.05, 4.69) is 20.5 Å². The van der Waals surface area contributed by atoms with Crippen LogP contribution in [0, 0.1) is 0 Å². The van der Waals surface area contributed by atoms with Crippen molar-refractivity contribution in [2.75, 3.05) is 17.2 Å². The Labute approximate surface area is 199 Å². The fraction of sp³-hybridized carbons (Fsp3) is 0.333. The number of aliphatic carboxylic acids is 2. The zero-order chi connectivity index (χ0) is 23.7. The largest absolute Gasteiger partial charge is 0.481 e. The highest BCUT2D eigenvalue weighted by Gasteiger charge is 2.54. The molecule has 15 heteroatoms. The van der Waals surface area contributed by atoms with E-state index in [0.717, 1.165) is 11.8 Å². The van der Waals surface area contributed by atoms with Gasteiger partial charge in [-0.2, -0.15) is 0 Å². The van der Waals surface area contributed by atoms with E-state index < -0.39 is 29.3 Å². The first-order chi connectivity index (χ1) is 15.7. The molecule has 0 aliphatic carbocycles. The number of thiophene rings is 1. The number of carbonyl (C=O) groups excluding carboxylic acids is 2. The number of thioether (sulfide) groups is 2. The fourth-order valence-electron chi connectivity index (χ4n) is 3.38. The van der Waals surface area contributed by atoms with Gasteiger partial charge in [-0.15, -0.1) is 28.2 Å². The standard InChI is InChI=1S/C18H18N6O6S3/c19-8-1-2-31-9(8)3-11(25)21-13-15(28)24-14(17(29)30)7(5-32-16(13)24)6-33-18-20-10(22-23-18)4-12(26)27/h1-2,13,16H,3-6,19H2,(H,21,25)(H,26,27)(H,29,30)(H,20,22,23)/t13?,16-/m1/s1. The van der Waals surface area contributed by atoms with E-state index in [-0.39, 0.29) is 41.2 Å². The molecule has 1 unspecified atom stereocenters. The van der Waals surface area contributed by atoms with Crippen molar-refractivity contribution in [2.24, 2.45) is 0 Å². The maximum Gasteiger partial charge on any atom is 0.352 e. The molecule has 12 nitrogen and oxygen atoms in total. The van der Waals surface area contributed by atoms with Crippen LogP contribution < -0.4 is 11.1 Å². The van der Waals surface area contributed by atoms with Gasteiger partial charge >= 0.3 is 11.9 Å². The molecule has 1 fully saturated rings. The number of fused-ring (bicyclic) bond motifs is 1. The van der Waals surface area contributed by atoms with Crippen LogP contribution in [0.5, 0.6) is 0 Å². The van der Waals surface area contributed by atoms with Gasteiger partial charge in [0.15, 0.2) is 0 Å². The maximum atomic E-state index is 12.7. The molecule has 2 aromatic heterocycles. The van der Waals surface area contributed by atoms with Gasteiger partial charge < -0.3 is 21.3 Å². The number of hydrogen-bond donors (Lipinski definition) is 5. The number of nitrogens with zero attached hydrogens (tertiary/aromatic N) is 3. The zero-order valence-corrected chi connectivity index (χ0v) is 19.3. The van der Waals surface area contributed by atoms with Crippen LogP contribution in [0.15, 0.2) is 27.9 Å². The molecule has 2 amide bonds. The van der Waals surface area contributed by atoms with Crippen LogP contribution in [0.2, 0.25) is 0 Å². The van der Waals surface area contributed by atoms with Crippen molar-refractivity contribution in [3.05, 3.63) is 33.4 Å². The molecule has 0 spiro atoms. The van der Waals surface area contributed by atoms with E-state index in [4.69, 9.17) is 10.8 Å². The highest BCUT2D eigenvalue weighted by molar-refractivity contribution is 8.01. The van der Waals surface area contributed by atoms with Crippen LogP contribution >= 0.6 is 34.9 Å². The van der Waals surface area contributed by atoms with Gasteiger partial charge in [-0.25, -0.2) is 9.78 Å². The van der Waals surface area contributed by atoms with E-state index in [1.165, 1.54) is 28.0 Å². The number of amides is 2. The van der Waals surface area contributed by atoms with Crippen molar-refractivity contribution < 1.29 is 29.4 Å². The molecule has 33 heavy (non-hydrogen) atoms. The summed E-state index contributed by atoms with van der Waals surface area (Å²) >= 11 is 3.85. The van der Waals surface area contributed by atoms with Gasteiger partial charge in [0.25, 0.3) is 5.91 Å². The molecule has 1 saturated heterocycles. The predicted octanol–water partition coefficient (Wildman–Crippen LogP) is 0.149. The number of nitrogen functional groups attached to an aromatic ring is 1. The summed E-state index contributed by atoms with van der Waals surface area (Å²) in [6, 6.07) is 0.897. The lowest BCUT2D eigenvalue weighted by molar-refractivity contribution is -0.150. The number of rotatable bonds is 9. The summed E-state index contributed by atoms with van der Waals surface area (Å²) in [5, 5.41) is 29.2. The molecule has 174 valence electrons. The first kappa shape index (κ1) is 23.1. The zero-order valence-electron chi connectivity index (χ0n) is 16.8. The van der Waals surface area contributed by atoms with Gasteiger partial charge in [0.2, 0.25) is 11.1 Å². The first-order valence-electron chi connectivity index (χ1n) is 9.51. The minimum absolute atomic E-state index is 0.0503. The highest BCUT2D eigenvalue weighted by Crippen LogP contribution is 2.41. The van der Waals surface area contributed by atoms with E-state index in [0.29, 0.717) is 21.9 Å². The number of β-lactam (4-membered cyclic amide) rings is 1. The number of carboxylic acids is 2. The van der Waals surface area contributed by atoms with Crippen LogP contribution in [0.3, 0.4) is 0 Å². The first-order valence-corrected chi connectivity index (χ1v) is 12.4. The second-order valence-electron chi connectivity index (χ2n) is 7.11. The van der Waals surface area contributed by atoms with Crippen LogP contribution in [-0.2, 0) is 32.0 Å². The topological polar surface area (TPSA) is 192 Å². The molecule has 0 aromatic carbocycles. The van der Waals surface area contributed by atoms with Crippen molar-refractivity contribution in [3.8, 4) is 0 Å². The van der Waals surface area contributed by atoms with Crippen LogP contribution in [0.25, 0.3) is 0 Å². The van der Waals surface area contributed by atoms with Gasteiger partial charge in [0, 0.05) is 22.1 Å². The van der Waals surface area contributed by atoms with Gasteiger partial charge in [0.1, 0.15) is 29.4 Å². The summed E-state index contributed by atoms with van der Waals surface area (Å²) in [5.41, 5.74) is 6.73. The quantitative estimate of drug-likeness (QED) is 0.228. The number of carboxylic acid groups (broad SMARTS) is 2. The average molecular weight is 511 g/mol. The normalized spacial score (nSPS) is 19.8. The number of nitrogens with one attached hydrogen (secondary N) is 2. The van der Waals surface area contributed by atoms with Crippen molar-refractivity contribution >= 4 is 64.3 Å². The third kappa shape index (κ3) is 4.84. The van der Waals surface area contributed by atoms with Gasteiger partial charge in [-0.1, -0.05) is 11.8 Å². The molecular weight excluding hydrogens is 492 g/mol. The summed E-state index contributed by atoms with van der Waals surface area (Å²) in [7, 11) is 0. The molecule has 0 saturated carbocycles. The Morgan fingerprint density at radius 2 is 2.12 bits per heavy atom.